The van der Waals surface area contributed by atoms with Crippen LogP contribution < -0.4 is 10.2 Å². The molecule has 0 aliphatic carbocycles. The summed E-state index contributed by atoms with van der Waals surface area (Å²) in [5.41, 5.74) is 3.86. The number of hydrogen-bond donors (Lipinski definition) is 2. The Bertz CT molecular complexity index is 1640. The summed E-state index contributed by atoms with van der Waals surface area (Å²) in [4.78, 5) is 15.2. The Labute approximate surface area is 227 Å². The van der Waals surface area contributed by atoms with Gasteiger partial charge in [-0.05, 0) is 48.4 Å². The number of ether oxygens (including phenoxy) is 1. The highest BCUT2D eigenvalue weighted by atomic mass is 32.2. The molecule has 1 aromatic heterocycles. The summed E-state index contributed by atoms with van der Waals surface area (Å²) >= 11 is 0. The largest absolute Gasteiger partial charge is 0.497 e. The molecule has 0 amide bonds. The van der Waals surface area contributed by atoms with E-state index in [1.807, 2.05) is 0 Å². The number of rotatable bonds is 8. The van der Waals surface area contributed by atoms with Crippen LogP contribution in [-0.4, -0.2) is 54.0 Å². The number of carbonyl (C=O) groups is 1. The van der Waals surface area contributed by atoms with E-state index in [2.05, 4.69) is 15.5 Å². The van der Waals surface area contributed by atoms with Crippen LogP contribution in [0, 0.1) is 6.92 Å². The molecule has 0 radical (unpaired) electrons. The molecule has 4 rings (SSSR count). The number of hydrazine groups is 1. The number of hydrogen-bond acceptors (Lipinski definition) is 8. The quantitative estimate of drug-likeness (QED) is 0.373. The summed E-state index contributed by atoms with van der Waals surface area (Å²) in [6.07, 6.45) is 0.455. The number of sulfone groups is 1. The second-order valence-corrected chi connectivity index (χ2v) is 10.8. The highest BCUT2D eigenvalue weighted by Gasteiger charge is 2.37. The lowest BCUT2D eigenvalue weighted by Gasteiger charge is -2.35. The zero-order valence-electron chi connectivity index (χ0n) is 21.4. The summed E-state index contributed by atoms with van der Waals surface area (Å²) in [5, 5.41) is 14.2. The van der Waals surface area contributed by atoms with Crippen LogP contribution in [0.15, 0.2) is 70.7 Å². The summed E-state index contributed by atoms with van der Waals surface area (Å²) < 4.78 is 71.6. The van der Waals surface area contributed by atoms with Crippen LogP contribution >= 0.6 is 0 Å². The standard InChI is InChI=1S/C26H24F3N5O5S/c1-16-9-23(26(27,28)29)32-34(16)25-22(18-6-4-5-17(10-18)7-8-24(35)36)14-30-15-33(25)31-19-11-20(39-2)13-21(12-19)40(3,37)38/h4-15,25,31H,1-3H3,(H,35,36)/b8-7+. The van der Waals surface area contributed by atoms with Gasteiger partial charge >= 0.3 is 12.1 Å². The summed E-state index contributed by atoms with van der Waals surface area (Å²) in [7, 11) is -2.26. The van der Waals surface area contributed by atoms with Crippen molar-refractivity contribution in [2.45, 2.75) is 24.2 Å². The molecule has 10 nitrogen and oxygen atoms in total. The minimum atomic E-state index is -4.69. The first kappa shape index (κ1) is 28.4. The van der Waals surface area contributed by atoms with Crippen LogP contribution in [0.5, 0.6) is 5.75 Å². The minimum Gasteiger partial charge on any atom is -0.497 e. The second kappa shape index (κ2) is 10.9. The van der Waals surface area contributed by atoms with E-state index in [0.717, 1.165) is 18.4 Å². The molecule has 0 saturated heterocycles. The van der Waals surface area contributed by atoms with Gasteiger partial charge in [-0.15, -0.1) is 0 Å². The molecule has 1 aliphatic heterocycles. The number of methoxy groups -OCH3 is 1. The number of aliphatic imine (C=N–C) groups is 1. The Morgan fingerprint density at radius 1 is 1.18 bits per heavy atom. The first-order chi connectivity index (χ1) is 18.8. The number of halogens is 3. The van der Waals surface area contributed by atoms with Crippen molar-refractivity contribution >= 4 is 39.5 Å². The third-order valence-corrected chi connectivity index (χ3v) is 6.92. The van der Waals surface area contributed by atoms with Gasteiger partial charge in [0.05, 0.1) is 17.7 Å². The molecular formula is C26H24F3N5O5S. The average Bonchev–Trinajstić information content (AvgIpc) is 3.28. The Balaban J connectivity index is 1.84. The van der Waals surface area contributed by atoms with Crippen molar-refractivity contribution in [2.75, 3.05) is 18.8 Å². The predicted molar refractivity (Wildman–Crippen MR) is 142 cm³/mol. The maximum absolute atomic E-state index is 13.6. The van der Waals surface area contributed by atoms with Gasteiger partial charge in [0.2, 0.25) is 0 Å². The topological polar surface area (TPSA) is 126 Å². The van der Waals surface area contributed by atoms with Crippen LogP contribution in [0.1, 0.15) is 28.7 Å². The fourth-order valence-corrected chi connectivity index (χ4v) is 4.68. The van der Waals surface area contributed by atoms with Crippen LogP contribution in [0.4, 0.5) is 18.9 Å². The zero-order chi connectivity index (χ0) is 29.2. The first-order valence-electron chi connectivity index (χ1n) is 11.6. The zero-order valence-corrected chi connectivity index (χ0v) is 22.2. The van der Waals surface area contributed by atoms with E-state index in [1.54, 1.807) is 24.3 Å². The van der Waals surface area contributed by atoms with E-state index in [1.165, 1.54) is 60.5 Å². The molecule has 2 aromatic carbocycles. The Morgan fingerprint density at radius 2 is 1.93 bits per heavy atom. The fraction of sp³-hybridized carbons (Fsp3) is 0.192. The third kappa shape index (κ3) is 6.34. The van der Waals surface area contributed by atoms with Gasteiger partial charge in [-0.1, -0.05) is 18.2 Å². The number of anilines is 1. The van der Waals surface area contributed by atoms with Crippen molar-refractivity contribution < 1.29 is 36.2 Å². The van der Waals surface area contributed by atoms with E-state index in [9.17, 15) is 26.4 Å². The number of nitrogens with one attached hydrogen (secondary N) is 1. The number of aryl methyl sites for hydroxylation is 1. The number of aromatic nitrogens is 2. The van der Waals surface area contributed by atoms with Gasteiger partial charge in [0, 0.05) is 35.9 Å². The van der Waals surface area contributed by atoms with Crippen molar-refractivity contribution in [3.63, 3.8) is 0 Å². The van der Waals surface area contributed by atoms with Crippen LogP contribution in [0.3, 0.4) is 0 Å². The maximum Gasteiger partial charge on any atom is 0.435 e. The number of carboxylic acid groups (broad SMARTS) is 1. The Hall–Kier alpha value is -4.59. The number of benzene rings is 2. The Morgan fingerprint density at radius 3 is 2.55 bits per heavy atom. The lowest BCUT2D eigenvalue weighted by atomic mass is 10.0. The first-order valence-corrected chi connectivity index (χ1v) is 13.5. The molecule has 0 spiro atoms. The highest BCUT2D eigenvalue weighted by Crippen LogP contribution is 2.37. The van der Waals surface area contributed by atoms with Gasteiger partial charge in [0.25, 0.3) is 0 Å². The van der Waals surface area contributed by atoms with E-state index >= 15 is 0 Å². The lowest BCUT2D eigenvalue weighted by molar-refractivity contribution is -0.141. The number of carboxylic acids is 1. The van der Waals surface area contributed by atoms with Gasteiger partial charge in [-0.3, -0.25) is 5.43 Å². The second-order valence-electron chi connectivity index (χ2n) is 8.82. The van der Waals surface area contributed by atoms with Crippen molar-refractivity contribution in [1.29, 1.82) is 0 Å². The molecule has 40 heavy (non-hydrogen) atoms. The van der Waals surface area contributed by atoms with Crippen molar-refractivity contribution in [3.05, 3.63) is 83.3 Å². The average molecular weight is 576 g/mol. The van der Waals surface area contributed by atoms with Crippen LogP contribution in [0.2, 0.25) is 0 Å². The van der Waals surface area contributed by atoms with Crippen LogP contribution in [0.25, 0.3) is 11.6 Å². The molecule has 0 fully saturated rings. The maximum atomic E-state index is 13.6. The normalized spacial score (nSPS) is 15.8. The van der Waals surface area contributed by atoms with E-state index in [4.69, 9.17) is 9.84 Å². The van der Waals surface area contributed by atoms with E-state index < -0.39 is 33.8 Å². The molecular weight excluding hydrogens is 551 g/mol. The van der Waals surface area contributed by atoms with Gasteiger partial charge in [-0.25, -0.2) is 27.9 Å². The van der Waals surface area contributed by atoms with E-state index in [-0.39, 0.29) is 22.0 Å². The number of alkyl halides is 3. The predicted octanol–water partition coefficient (Wildman–Crippen LogP) is 4.63. The molecule has 2 heterocycles. The minimum absolute atomic E-state index is 0.0387. The highest BCUT2D eigenvalue weighted by molar-refractivity contribution is 7.90. The molecule has 0 saturated carbocycles. The van der Waals surface area contributed by atoms with Crippen molar-refractivity contribution in [2.24, 2.45) is 4.99 Å². The fourth-order valence-electron chi connectivity index (χ4n) is 4.01. The summed E-state index contributed by atoms with van der Waals surface area (Å²) in [5.74, 6) is -0.905. The van der Waals surface area contributed by atoms with Gasteiger partial charge in [-0.2, -0.15) is 18.3 Å². The van der Waals surface area contributed by atoms with Crippen molar-refractivity contribution in [1.82, 2.24) is 14.8 Å². The molecule has 1 unspecified atom stereocenters. The van der Waals surface area contributed by atoms with Gasteiger partial charge in [0.15, 0.2) is 21.7 Å². The number of nitrogens with zero attached hydrogens (tertiary/aromatic N) is 4. The lowest BCUT2D eigenvalue weighted by Crippen LogP contribution is -2.39. The monoisotopic (exact) mass is 575 g/mol. The molecule has 210 valence electrons. The smallest absolute Gasteiger partial charge is 0.435 e. The summed E-state index contributed by atoms with van der Waals surface area (Å²) in [6.45, 7) is 1.48. The van der Waals surface area contributed by atoms with Gasteiger partial charge < -0.3 is 9.84 Å². The molecule has 0 bridgehead atoms. The molecule has 1 aliphatic rings. The molecule has 3 aromatic rings. The van der Waals surface area contributed by atoms with Gasteiger partial charge in [0.1, 0.15) is 12.1 Å². The third-order valence-electron chi connectivity index (χ3n) is 5.83. The SMILES string of the molecule is COc1cc(NN2C=NC=C(c3cccc(/C=C/C(=O)O)c3)C2n2nc(C(F)(F)F)cc2C)cc(S(C)(=O)=O)c1. The van der Waals surface area contributed by atoms with E-state index in [0.29, 0.717) is 16.7 Å². The number of aliphatic carboxylic acids is 1. The summed E-state index contributed by atoms with van der Waals surface area (Å²) in [6, 6.07) is 11.8. The molecule has 2 N–H and O–H groups in total. The van der Waals surface area contributed by atoms with Crippen LogP contribution in [-0.2, 0) is 20.8 Å². The van der Waals surface area contributed by atoms with Crippen molar-refractivity contribution in [3.8, 4) is 5.75 Å². The molecule has 1 atom stereocenters. The Kier molecular flexibility index (Phi) is 7.73. The molecule has 14 heteroatoms.